The number of carbonyl (C=O) groups excluding carboxylic acids is 2. The molecule has 0 bridgehead atoms. The highest BCUT2D eigenvalue weighted by Gasteiger charge is 2.35. The molecule has 2 unspecified atom stereocenters. The summed E-state index contributed by atoms with van der Waals surface area (Å²) < 4.78 is 5.57. The molecule has 0 saturated carbocycles. The summed E-state index contributed by atoms with van der Waals surface area (Å²) in [6.45, 7) is 7.35. The summed E-state index contributed by atoms with van der Waals surface area (Å²) in [5.74, 6) is -1.72. The van der Waals surface area contributed by atoms with Gasteiger partial charge in [0.1, 0.15) is 18.7 Å². The highest BCUT2D eigenvalue weighted by atomic mass is 16.5. The van der Waals surface area contributed by atoms with Crippen LogP contribution in [0.2, 0.25) is 0 Å². The van der Waals surface area contributed by atoms with Crippen LogP contribution in [-0.2, 0) is 14.3 Å². The molecule has 1 aliphatic rings. The van der Waals surface area contributed by atoms with Crippen LogP contribution in [0.5, 0.6) is 0 Å². The number of ether oxygens (including phenoxy) is 1. The summed E-state index contributed by atoms with van der Waals surface area (Å²) in [6, 6.07) is 14.2. The Morgan fingerprint density at radius 1 is 0.971 bits per heavy atom. The van der Waals surface area contributed by atoms with E-state index in [4.69, 9.17) is 4.74 Å². The third-order valence-electron chi connectivity index (χ3n) is 6.20. The maximum absolute atomic E-state index is 12.9. The van der Waals surface area contributed by atoms with E-state index in [1.807, 2.05) is 43.3 Å². The number of alkyl carbamates (subject to hydrolysis) is 1. The summed E-state index contributed by atoms with van der Waals surface area (Å²) >= 11 is 0. The van der Waals surface area contributed by atoms with Crippen molar-refractivity contribution < 1.29 is 24.2 Å². The fourth-order valence-electron chi connectivity index (χ4n) is 4.35. The molecule has 0 saturated heterocycles. The van der Waals surface area contributed by atoms with E-state index in [1.165, 1.54) is 0 Å². The Hall–Kier alpha value is -3.35. The van der Waals surface area contributed by atoms with Crippen molar-refractivity contribution >= 4 is 18.0 Å². The fourth-order valence-corrected chi connectivity index (χ4v) is 4.35. The number of aliphatic carboxylic acids is 1. The first-order valence-electron chi connectivity index (χ1n) is 11.8. The molecule has 2 aromatic rings. The third-order valence-corrected chi connectivity index (χ3v) is 6.20. The molecule has 2 atom stereocenters. The zero-order valence-corrected chi connectivity index (χ0v) is 20.3. The van der Waals surface area contributed by atoms with Gasteiger partial charge < -0.3 is 20.5 Å². The SMILES string of the molecule is CCCCC(NC(=O)OCC1c2ccccc2-c2ccccc21)C(=O)NC(C(=O)O)C(C)(C)C. The molecule has 0 fully saturated rings. The van der Waals surface area contributed by atoms with Crippen molar-refractivity contribution in [3.63, 3.8) is 0 Å². The highest BCUT2D eigenvalue weighted by molar-refractivity contribution is 5.89. The number of benzene rings is 2. The number of hydrogen-bond acceptors (Lipinski definition) is 4. The molecule has 0 aliphatic heterocycles. The molecule has 2 amide bonds. The maximum atomic E-state index is 12.9. The molecular weight excluding hydrogens is 432 g/mol. The molecule has 182 valence electrons. The summed E-state index contributed by atoms with van der Waals surface area (Å²) in [6.07, 6.45) is 1.23. The second kappa shape index (κ2) is 10.7. The van der Waals surface area contributed by atoms with E-state index in [2.05, 4.69) is 22.8 Å². The van der Waals surface area contributed by atoms with Gasteiger partial charge in [-0.2, -0.15) is 0 Å². The number of hydrogen-bond donors (Lipinski definition) is 3. The van der Waals surface area contributed by atoms with E-state index in [0.29, 0.717) is 12.8 Å². The van der Waals surface area contributed by atoms with Gasteiger partial charge in [-0.3, -0.25) is 4.79 Å². The van der Waals surface area contributed by atoms with Gasteiger partial charge in [0.2, 0.25) is 5.91 Å². The monoisotopic (exact) mass is 466 g/mol. The number of carboxylic acids is 1. The van der Waals surface area contributed by atoms with Gasteiger partial charge in [0, 0.05) is 5.92 Å². The van der Waals surface area contributed by atoms with Gasteiger partial charge in [0.25, 0.3) is 0 Å². The van der Waals surface area contributed by atoms with Crippen LogP contribution in [0.15, 0.2) is 48.5 Å². The molecule has 3 N–H and O–H groups in total. The van der Waals surface area contributed by atoms with Crippen molar-refractivity contribution in [2.75, 3.05) is 6.61 Å². The number of unbranched alkanes of at least 4 members (excludes halogenated alkanes) is 1. The van der Waals surface area contributed by atoms with E-state index in [-0.39, 0.29) is 12.5 Å². The van der Waals surface area contributed by atoms with Gasteiger partial charge in [-0.15, -0.1) is 0 Å². The molecular formula is C27H34N2O5. The highest BCUT2D eigenvalue weighted by Crippen LogP contribution is 2.44. The van der Waals surface area contributed by atoms with Crippen LogP contribution in [0, 0.1) is 5.41 Å². The summed E-state index contributed by atoms with van der Waals surface area (Å²) in [4.78, 5) is 37.2. The van der Waals surface area contributed by atoms with Gasteiger partial charge in [-0.25, -0.2) is 9.59 Å². The number of carbonyl (C=O) groups is 3. The van der Waals surface area contributed by atoms with Crippen LogP contribution in [0.25, 0.3) is 11.1 Å². The van der Waals surface area contributed by atoms with Crippen LogP contribution in [0.3, 0.4) is 0 Å². The zero-order chi connectivity index (χ0) is 24.9. The number of rotatable bonds is 9. The Labute approximate surface area is 200 Å². The van der Waals surface area contributed by atoms with Crippen molar-refractivity contribution in [2.24, 2.45) is 5.41 Å². The summed E-state index contributed by atoms with van der Waals surface area (Å²) in [5.41, 5.74) is 3.79. The minimum absolute atomic E-state index is 0.0849. The Morgan fingerprint density at radius 3 is 2.03 bits per heavy atom. The van der Waals surface area contributed by atoms with Gasteiger partial charge in [-0.05, 0) is 34.1 Å². The Bertz CT molecular complexity index is 998. The van der Waals surface area contributed by atoms with Crippen LogP contribution in [-0.4, -0.2) is 41.8 Å². The molecule has 7 nitrogen and oxygen atoms in total. The second-order valence-corrected chi connectivity index (χ2v) is 9.81. The van der Waals surface area contributed by atoms with Crippen LogP contribution >= 0.6 is 0 Å². The van der Waals surface area contributed by atoms with Crippen molar-refractivity contribution in [3.8, 4) is 11.1 Å². The first-order valence-corrected chi connectivity index (χ1v) is 11.8. The van der Waals surface area contributed by atoms with E-state index < -0.39 is 35.5 Å². The minimum atomic E-state index is -1.11. The summed E-state index contributed by atoms with van der Waals surface area (Å²) in [7, 11) is 0. The van der Waals surface area contributed by atoms with Gasteiger partial charge in [-0.1, -0.05) is 89.1 Å². The normalized spacial score (nSPS) is 14.5. The molecule has 0 spiro atoms. The van der Waals surface area contributed by atoms with E-state index in [0.717, 1.165) is 28.7 Å². The third kappa shape index (κ3) is 5.76. The topological polar surface area (TPSA) is 105 Å². The van der Waals surface area contributed by atoms with Crippen molar-refractivity contribution in [2.45, 2.75) is 65.0 Å². The lowest BCUT2D eigenvalue weighted by molar-refractivity contribution is -0.145. The van der Waals surface area contributed by atoms with Crippen molar-refractivity contribution in [3.05, 3.63) is 59.7 Å². The molecule has 2 aromatic carbocycles. The van der Waals surface area contributed by atoms with Gasteiger partial charge in [0.15, 0.2) is 0 Å². The lowest BCUT2D eigenvalue weighted by Crippen LogP contribution is -2.55. The first-order chi connectivity index (χ1) is 16.1. The van der Waals surface area contributed by atoms with Crippen LogP contribution in [0.4, 0.5) is 4.79 Å². The average Bonchev–Trinajstić information content (AvgIpc) is 3.11. The lowest BCUT2D eigenvalue weighted by atomic mass is 9.86. The average molecular weight is 467 g/mol. The van der Waals surface area contributed by atoms with Crippen molar-refractivity contribution in [1.29, 1.82) is 0 Å². The smallest absolute Gasteiger partial charge is 0.407 e. The van der Waals surface area contributed by atoms with Crippen LogP contribution < -0.4 is 10.6 Å². The molecule has 34 heavy (non-hydrogen) atoms. The van der Waals surface area contributed by atoms with Crippen molar-refractivity contribution in [1.82, 2.24) is 10.6 Å². The van der Waals surface area contributed by atoms with Gasteiger partial charge in [0.05, 0.1) is 0 Å². The lowest BCUT2D eigenvalue weighted by Gasteiger charge is -2.29. The van der Waals surface area contributed by atoms with Gasteiger partial charge >= 0.3 is 12.1 Å². The van der Waals surface area contributed by atoms with E-state index in [9.17, 15) is 19.5 Å². The Balaban J connectivity index is 1.67. The summed E-state index contributed by atoms with van der Waals surface area (Å²) in [5, 5.41) is 14.8. The molecule has 7 heteroatoms. The zero-order valence-electron chi connectivity index (χ0n) is 20.3. The standard InChI is InChI=1S/C27H34N2O5/c1-5-6-15-22(24(30)29-23(25(31)32)27(2,3)4)28-26(33)34-16-21-19-13-9-7-11-17(19)18-12-8-10-14-20(18)21/h7-14,21-23H,5-6,15-16H2,1-4H3,(H,28,33)(H,29,30)(H,31,32). The second-order valence-electron chi connectivity index (χ2n) is 9.81. The van der Waals surface area contributed by atoms with E-state index in [1.54, 1.807) is 20.8 Å². The largest absolute Gasteiger partial charge is 0.480 e. The fraction of sp³-hybridized carbons (Fsp3) is 0.444. The molecule has 0 radical (unpaired) electrons. The number of amides is 2. The minimum Gasteiger partial charge on any atom is -0.480 e. The van der Waals surface area contributed by atoms with E-state index >= 15 is 0 Å². The Morgan fingerprint density at radius 2 is 1.53 bits per heavy atom. The molecule has 1 aliphatic carbocycles. The molecule has 3 rings (SSSR count). The predicted molar refractivity (Wildman–Crippen MR) is 131 cm³/mol. The van der Waals surface area contributed by atoms with Crippen LogP contribution in [0.1, 0.15) is 64.0 Å². The predicted octanol–water partition coefficient (Wildman–Crippen LogP) is 4.70. The Kier molecular flexibility index (Phi) is 7.97. The number of carboxylic acid groups (broad SMARTS) is 1. The quantitative estimate of drug-likeness (QED) is 0.497. The number of nitrogens with one attached hydrogen (secondary N) is 2. The molecule has 0 aromatic heterocycles. The maximum Gasteiger partial charge on any atom is 0.407 e. The first kappa shape index (κ1) is 25.3. The number of fused-ring (bicyclic) bond motifs is 3. The molecule has 0 heterocycles.